The van der Waals surface area contributed by atoms with Crippen molar-refractivity contribution in [3.8, 4) is 5.75 Å². The van der Waals surface area contributed by atoms with Crippen molar-refractivity contribution in [2.45, 2.75) is 31.9 Å². The molecule has 5 heteroatoms. The first-order valence-corrected chi connectivity index (χ1v) is 6.55. The van der Waals surface area contributed by atoms with Crippen LogP contribution in [0.25, 0.3) is 0 Å². The standard InChI is InChI=1S/C11H14BrClN2O/c1-7(10-3-2-4-14-10)16-8-5-9(12)11(13)15-6-8/h5-7,10,14H,2-4H2,1H3/t7?,10-/m1/s1. The van der Waals surface area contributed by atoms with Crippen LogP contribution in [-0.2, 0) is 0 Å². The highest BCUT2D eigenvalue weighted by Crippen LogP contribution is 2.25. The summed E-state index contributed by atoms with van der Waals surface area (Å²) in [5, 5.41) is 3.88. The molecule has 0 aromatic carbocycles. The molecule has 2 heterocycles. The molecule has 1 aliphatic heterocycles. The van der Waals surface area contributed by atoms with E-state index < -0.39 is 0 Å². The van der Waals surface area contributed by atoms with Crippen molar-refractivity contribution >= 4 is 27.5 Å². The van der Waals surface area contributed by atoms with Gasteiger partial charge in [-0.2, -0.15) is 0 Å². The first-order valence-electron chi connectivity index (χ1n) is 5.38. The molecular formula is C11H14BrClN2O. The SMILES string of the molecule is CC(Oc1cnc(Cl)c(Br)c1)[C@H]1CCCN1. The zero-order valence-corrected chi connectivity index (χ0v) is 11.4. The van der Waals surface area contributed by atoms with Crippen LogP contribution >= 0.6 is 27.5 Å². The predicted molar refractivity (Wildman–Crippen MR) is 68.1 cm³/mol. The zero-order valence-electron chi connectivity index (χ0n) is 9.04. The van der Waals surface area contributed by atoms with E-state index in [0.29, 0.717) is 11.2 Å². The summed E-state index contributed by atoms with van der Waals surface area (Å²) in [5.74, 6) is 0.748. The van der Waals surface area contributed by atoms with Crippen LogP contribution in [0.2, 0.25) is 5.15 Å². The third kappa shape index (κ3) is 2.87. The summed E-state index contributed by atoms with van der Waals surface area (Å²) < 4.78 is 6.58. The van der Waals surface area contributed by atoms with Gasteiger partial charge in [0.25, 0.3) is 0 Å². The lowest BCUT2D eigenvalue weighted by molar-refractivity contribution is 0.179. The zero-order chi connectivity index (χ0) is 11.5. The van der Waals surface area contributed by atoms with E-state index >= 15 is 0 Å². The quantitative estimate of drug-likeness (QED) is 0.872. The number of ether oxygens (including phenoxy) is 1. The Morgan fingerprint density at radius 3 is 3.12 bits per heavy atom. The Labute approximate surface area is 109 Å². The summed E-state index contributed by atoms with van der Waals surface area (Å²) in [7, 11) is 0. The van der Waals surface area contributed by atoms with Crippen molar-refractivity contribution in [2.24, 2.45) is 0 Å². The lowest BCUT2D eigenvalue weighted by Crippen LogP contribution is -2.36. The fraction of sp³-hybridized carbons (Fsp3) is 0.545. The van der Waals surface area contributed by atoms with Crippen LogP contribution in [0.1, 0.15) is 19.8 Å². The van der Waals surface area contributed by atoms with Crippen molar-refractivity contribution < 1.29 is 4.74 Å². The molecule has 3 nitrogen and oxygen atoms in total. The minimum atomic E-state index is 0.150. The van der Waals surface area contributed by atoms with Crippen molar-refractivity contribution in [1.82, 2.24) is 10.3 Å². The Kier molecular flexibility index (Phi) is 4.05. The van der Waals surface area contributed by atoms with Crippen LogP contribution in [0.3, 0.4) is 0 Å². The molecule has 1 aliphatic rings. The van der Waals surface area contributed by atoms with Crippen LogP contribution in [0.5, 0.6) is 5.75 Å². The lowest BCUT2D eigenvalue weighted by Gasteiger charge is -2.21. The Balaban J connectivity index is 1.99. The Bertz CT molecular complexity index is 369. The molecule has 0 spiro atoms. The Morgan fingerprint density at radius 1 is 1.69 bits per heavy atom. The number of halogens is 2. The van der Waals surface area contributed by atoms with Gasteiger partial charge in [-0.15, -0.1) is 0 Å². The van der Waals surface area contributed by atoms with Crippen LogP contribution in [0.15, 0.2) is 16.7 Å². The van der Waals surface area contributed by atoms with Crippen LogP contribution < -0.4 is 10.1 Å². The molecule has 0 radical (unpaired) electrons. The van der Waals surface area contributed by atoms with Crippen LogP contribution in [-0.4, -0.2) is 23.7 Å². The maximum Gasteiger partial charge on any atom is 0.143 e. The molecule has 0 saturated carbocycles. The summed E-state index contributed by atoms with van der Waals surface area (Å²) in [6.07, 6.45) is 4.19. The van der Waals surface area contributed by atoms with E-state index in [4.69, 9.17) is 16.3 Å². The van der Waals surface area contributed by atoms with Gasteiger partial charge in [0.05, 0.1) is 10.7 Å². The second-order valence-corrected chi connectivity index (χ2v) is 5.18. The van der Waals surface area contributed by atoms with E-state index in [1.165, 1.54) is 12.8 Å². The van der Waals surface area contributed by atoms with Crippen molar-refractivity contribution in [3.63, 3.8) is 0 Å². The molecule has 88 valence electrons. The van der Waals surface area contributed by atoms with Crippen LogP contribution in [0, 0.1) is 0 Å². The summed E-state index contributed by atoms with van der Waals surface area (Å²) in [6.45, 7) is 3.16. The average molecular weight is 306 g/mol. The van der Waals surface area contributed by atoms with Gasteiger partial charge in [0.1, 0.15) is 17.0 Å². The second kappa shape index (κ2) is 5.34. The number of aromatic nitrogens is 1. The molecule has 1 saturated heterocycles. The fourth-order valence-electron chi connectivity index (χ4n) is 1.88. The predicted octanol–water partition coefficient (Wildman–Crippen LogP) is 3.02. The number of nitrogens with zero attached hydrogens (tertiary/aromatic N) is 1. The lowest BCUT2D eigenvalue weighted by atomic mass is 10.1. The van der Waals surface area contributed by atoms with Gasteiger partial charge < -0.3 is 10.1 Å². The van der Waals surface area contributed by atoms with Crippen LogP contribution in [0.4, 0.5) is 0 Å². The van der Waals surface area contributed by atoms with E-state index in [9.17, 15) is 0 Å². The topological polar surface area (TPSA) is 34.1 Å². The number of pyridine rings is 1. The molecule has 2 atom stereocenters. The van der Waals surface area contributed by atoms with Gasteiger partial charge in [0.2, 0.25) is 0 Å². The van der Waals surface area contributed by atoms with E-state index in [1.807, 2.05) is 6.07 Å². The van der Waals surface area contributed by atoms with Gasteiger partial charge in [-0.05, 0) is 48.3 Å². The van der Waals surface area contributed by atoms with E-state index in [2.05, 4.69) is 33.2 Å². The third-order valence-electron chi connectivity index (χ3n) is 2.76. The molecular weight excluding hydrogens is 291 g/mol. The third-order valence-corrected chi connectivity index (χ3v) is 3.89. The number of rotatable bonds is 3. The molecule has 0 bridgehead atoms. The minimum absolute atomic E-state index is 0.150. The normalized spacial score (nSPS) is 22.1. The molecule has 1 unspecified atom stereocenters. The monoisotopic (exact) mass is 304 g/mol. The first-order chi connectivity index (χ1) is 7.66. The number of nitrogens with one attached hydrogen (secondary N) is 1. The van der Waals surface area contributed by atoms with E-state index in [-0.39, 0.29) is 6.10 Å². The van der Waals surface area contributed by atoms with Crippen molar-refractivity contribution in [3.05, 3.63) is 21.9 Å². The largest absolute Gasteiger partial charge is 0.487 e. The van der Waals surface area contributed by atoms with Crippen molar-refractivity contribution in [2.75, 3.05) is 6.54 Å². The second-order valence-electron chi connectivity index (χ2n) is 3.97. The number of hydrogen-bond acceptors (Lipinski definition) is 3. The van der Waals surface area contributed by atoms with E-state index in [1.54, 1.807) is 6.20 Å². The van der Waals surface area contributed by atoms with Gasteiger partial charge in [0, 0.05) is 6.04 Å². The molecule has 0 aliphatic carbocycles. The van der Waals surface area contributed by atoms with Gasteiger partial charge in [0.15, 0.2) is 0 Å². The van der Waals surface area contributed by atoms with Gasteiger partial charge in [-0.25, -0.2) is 4.98 Å². The highest BCUT2D eigenvalue weighted by molar-refractivity contribution is 9.10. The minimum Gasteiger partial charge on any atom is -0.487 e. The summed E-state index contributed by atoms with van der Waals surface area (Å²) in [5.41, 5.74) is 0. The summed E-state index contributed by atoms with van der Waals surface area (Å²) in [4.78, 5) is 4.03. The highest BCUT2D eigenvalue weighted by atomic mass is 79.9. The first kappa shape index (κ1) is 12.1. The van der Waals surface area contributed by atoms with Gasteiger partial charge in [-0.1, -0.05) is 11.6 Å². The molecule has 1 N–H and O–H groups in total. The molecule has 1 aromatic rings. The van der Waals surface area contributed by atoms with Gasteiger partial charge >= 0.3 is 0 Å². The Hall–Kier alpha value is -0.320. The molecule has 1 aromatic heterocycles. The van der Waals surface area contributed by atoms with Gasteiger partial charge in [-0.3, -0.25) is 0 Å². The number of hydrogen-bond donors (Lipinski definition) is 1. The molecule has 1 fully saturated rings. The maximum absolute atomic E-state index is 5.82. The molecule has 16 heavy (non-hydrogen) atoms. The molecule has 0 amide bonds. The van der Waals surface area contributed by atoms with Crippen molar-refractivity contribution in [1.29, 1.82) is 0 Å². The highest BCUT2D eigenvalue weighted by Gasteiger charge is 2.22. The average Bonchev–Trinajstić information content (AvgIpc) is 2.77. The Morgan fingerprint density at radius 2 is 2.50 bits per heavy atom. The maximum atomic E-state index is 5.82. The molecule has 2 rings (SSSR count). The van der Waals surface area contributed by atoms with E-state index in [0.717, 1.165) is 16.8 Å². The smallest absolute Gasteiger partial charge is 0.143 e. The summed E-state index contributed by atoms with van der Waals surface area (Å²) in [6, 6.07) is 2.29. The fourth-order valence-corrected chi connectivity index (χ4v) is 2.31. The summed E-state index contributed by atoms with van der Waals surface area (Å²) >= 11 is 9.15.